The summed E-state index contributed by atoms with van der Waals surface area (Å²) >= 11 is 0. The minimum atomic E-state index is -0.340. The Morgan fingerprint density at radius 3 is 2.71 bits per heavy atom. The number of nitrogens with zero attached hydrogens (tertiary/aromatic N) is 3. The minimum Gasteiger partial charge on any atom is -0.347 e. The van der Waals surface area contributed by atoms with Crippen molar-refractivity contribution in [1.82, 2.24) is 15.0 Å². The quantitative estimate of drug-likeness (QED) is 0.846. The molecule has 0 radical (unpaired) electrons. The second-order valence-electron chi connectivity index (χ2n) is 6.63. The van der Waals surface area contributed by atoms with Crippen molar-refractivity contribution in [1.29, 1.82) is 0 Å². The summed E-state index contributed by atoms with van der Waals surface area (Å²) < 4.78 is 17.1. The van der Waals surface area contributed by atoms with Crippen LogP contribution in [0.25, 0.3) is 0 Å². The van der Waals surface area contributed by atoms with Gasteiger partial charge in [0.05, 0.1) is 19.3 Å². The van der Waals surface area contributed by atoms with Crippen LogP contribution in [0.15, 0.2) is 4.52 Å². The Balaban J connectivity index is 1.50. The van der Waals surface area contributed by atoms with Gasteiger partial charge in [0, 0.05) is 32.4 Å². The lowest BCUT2D eigenvalue weighted by molar-refractivity contribution is -0.194. The second-order valence-corrected chi connectivity index (χ2v) is 6.63. The summed E-state index contributed by atoms with van der Waals surface area (Å²) in [6.07, 6.45) is 2.90. The Morgan fingerprint density at radius 1 is 1.33 bits per heavy atom. The Bertz CT molecular complexity index is 466. The highest BCUT2D eigenvalue weighted by Crippen LogP contribution is 2.34. The molecule has 0 bridgehead atoms. The molecule has 2 fully saturated rings. The first-order valence-electron chi connectivity index (χ1n) is 7.90. The average molecular weight is 295 g/mol. The summed E-state index contributed by atoms with van der Waals surface area (Å²) in [5.74, 6) is 1.73. The van der Waals surface area contributed by atoms with Crippen molar-refractivity contribution in [3.05, 3.63) is 11.7 Å². The normalized spacial score (nSPS) is 26.0. The predicted octanol–water partition coefficient (Wildman–Crippen LogP) is 2.00. The number of aromatic nitrogens is 2. The smallest absolute Gasteiger partial charge is 0.240 e. The number of ether oxygens (including phenoxy) is 2. The predicted molar refractivity (Wildman–Crippen MR) is 76.6 cm³/mol. The van der Waals surface area contributed by atoms with E-state index in [0.717, 1.165) is 44.7 Å². The monoisotopic (exact) mass is 295 g/mol. The SMILES string of the molecule is CC(C)Cc1noc(CN2CCC3(CC2)OC[C@@H](C)O3)n1. The number of likely N-dealkylation sites (tertiary alicyclic amines) is 1. The van der Waals surface area contributed by atoms with Gasteiger partial charge in [-0.25, -0.2) is 0 Å². The Hall–Kier alpha value is -0.980. The van der Waals surface area contributed by atoms with Gasteiger partial charge in [-0.2, -0.15) is 4.98 Å². The van der Waals surface area contributed by atoms with Gasteiger partial charge in [0.25, 0.3) is 0 Å². The van der Waals surface area contributed by atoms with Gasteiger partial charge in [-0.3, -0.25) is 4.90 Å². The van der Waals surface area contributed by atoms with Gasteiger partial charge >= 0.3 is 0 Å². The molecule has 0 saturated carbocycles. The lowest BCUT2D eigenvalue weighted by Gasteiger charge is -2.37. The third-order valence-corrected chi connectivity index (χ3v) is 4.07. The van der Waals surface area contributed by atoms with Gasteiger partial charge in [-0.15, -0.1) is 0 Å². The number of hydrogen-bond acceptors (Lipinski definition) is 6. The summed E-state index contributed by atoms with van der Waals surface area (Å²) in [7, 11) is 0. The summed E-state index contributed by atoms with van der Waals surface area (Å²) in [6.45, 7) is 9.68. The van der Waals surface area contributed by atoms with Crippen molar-refractivity contribution in [3.63, 3.8) is 0 Å². The highest BCUT2D eigenvalue weighted by molar-refractivity contribution is 4.90. The fourth-order valence-corrected chi connectivity index (χ4v) is 3.01. The largest absolute Gasteiger partial charge is 0.347 e. The molecule has 1 aromatic rings. The molecule has 2 aliphatic heterocycles. The maximum absolute atomic E-state index is 5.94. The molecule has 1 spiro atoms. The lowest BCUT2D eigenvalue weighted by Crippen LogP contribution is -2.45. The van der Waals surface area contributed by atoms with Crippen molar-refractivity contribution in [3.8, 4) is 0 Å². The zero-order valence-corrected chi connectivity index (χ0v) is 13.2. The van der Waals surface area contributed by atoms with Gasteiger partial charge in [-0.1, -0.05) is 19.0 Å². The maximum Gasteiger partial charge on any atom is 0.240 e. The molecule has 21 heavy (non-hydrogen) atoms. The van der Waals surface area contributed by atoms with Crippen LogP contribution in [0.4, 0.5) is 0 Å². The Labute approximate surface area is 125 Å². The topological polar surface area (TPSA) is 60.6 Å². The van der Waals surface area contributed by atoms with E-state index in [-0.39, 0.29) is 11.9 Å². The van der Waals surface area contributed by atoms with E-state index in [2.05, 4.69) is 35.8 Å². The van der Waals surface area contributed by atoms with Crippen molar-refractivity contribution in [2.45, 2.75) is 58.5 Å². The standard InChI is InChI=1S/C15H25N3O3/c1-11(2)8-13-16-14(21-17-13)9-18-6-4-15(5-7-18)19-10-12(3)20-15/h11-12H,4-10H2,1-3H3/t12-/m1/s1. The first-order chi connectivity index (χ1) is 10.0. The van der Waals surface area contributed by atoms with Gasteiger partial charge in [0.2, 0.25) is 5.89 Å². The molecule has 1 atom stereocenters. The van der Waals surface area contributed by atoms with Crippen LogP contribution in [-0.2, 0) is 22.4 Å². The number of hydrogen-bond donors (Lipinski definition) is 0. The van der Waals surface area contributed by atoms with Gasteiger partial charge in [0.1, 0.15) is 0 Å². The van der Waals surface area contributed by atoms with E-state index >= 15 is 0 Å². The molecule has 2 aliphatic rings. The molecule has 1 aromatic heterocycles. The molecule has 0 N–H and O–H groups in total. The fraction of sp³-hybridized carbons (Fsp3) is 0.867. The molecule has 0 unspecified atom stereocenters. The first-order valence-corrected chi connectivity index (χ1v) is 7.90. The fourth-order valence-electron chi connectivity index (χ4n) is 3.01. The minimum absolute atomic E-state index is 0.214. The molecule has 3 heterocycles. The molecular formula is C15H25N3O3. The molecule has 6 nitrogen and oxygen atoms in total. The summed E-state index contributed by atoms with van der Waals surface area (Å²) in [4.78, 5) is 6.79. The van der Waals surface area contributed by atoms with Gasteiger partial charge in [0.15, 0.2) is 11.6 Å². The zero-order chi connectivity index (χ0) is 14.9. The average Bonchev–Trinajstić information content (AvgIpc) is 3.00. The highest BCUT2D eigenvalue weighted by atomic mass is 16.7. The second kappa shape index (κ2) is 6.02. The van der Waals surface area contributed by atoms with Crippen molar-refractivity contribution >= 4 is 0 Å². The molecule has 0 amide bonds. The zero-order valence-electron chi connectivity index (χ0n) is 13.2. The van der Waals surface area contributed by atoms with Crippen LogP contribution in [0.3, 0.4) is 0 Å². The van der Waals surface area contributed by atoms with Crippen LogP contribution in [0.5, 0.6) is 0 Å². The molecule has 3 rings (SSSR count). The molecular weight excluding hydrogens is 270 g/mol. The van der Waals surface area contributed by atoms with Gasteiger partial charge in [-0.05, 0) is 12.8 Å². The molecule has 6 heteroatoms. The lowest BCUT2D eigenvalue weighted by atomic mass is 10.0. The van der Waals surface area contributed by atoms with E-state index in [9.17, 15) is 0 Å². The molecule has 0 aliphatic carbocycles. The van der Waals surface area contributed by atoms with Crippen LogP contribution in [0.2, 0.25) is 0 Å². The number of piperidine rings is 1. The molecule has 0 aromatic carbocycles. The molecule has 118 valence electrons. The summed E-state index contributed by atoms with van der Waals surface area (Å²) in [5.41, 5.74) is 0. The van der Waals surface area contributed by atoms with E-state index < -0.39 is 0 Å². The van der Waals surface area contributed by atoms with E-state index in [1.807, 2.05) is 0 Å². The van der Waals surface area contributed by atoms with Crippen LogP contribution >= 0.6 is 0 Å². The summed E-state index contributed by atoms with van der Waals surface area (Å²) in [5, 5.41) is 4.04. The van der Waals surface area contributed by atoms with Crippen molar-refractivity contribution < 1.29 is 14.0 Å². The Kier molecular flexibility index (Phi) is 4.28. The number of rotatable bonds is 4. The van der Waals surface area contributed by atoms with E-state index in [0.29, 0.717) is 18.4 Å². The van der Waals surface area contributed by atoms with Crippen LogP contribution < -0.4 is 0 Å². The third-order valence-electron chi connectivity index (χ3n) is 4.07. The maximum atomic E-state index is 5.94. The highest BCUT2D eigenvalue weighted by Gasteiger charge is 2.42. The molecule has 2 saturated heterocycles. The summed E-state index contributed by atoms with van der Waals surface area (Å²) in [6, 6.07) is 0. The van der Waals surface area contributed by atoms with Crippen molar-refractivity contribution in [2.24, 2.45) is 5.92 Å². The Morgan fingerprint density at radius 2 is 2.10 bits per heavy atom. The van der Waals surface area contributed by atoms with Crippen LogP contribution in [0, 0.1) is 5.92 Å². The van der Waals surface area contributed by atoms with Crippen LogP contribution in [0.1, 0.15) is 45.3 Å². The third kappa shape index (κ3) is 3.62. The van der Waals surface area contributed by atoms with E-state index in [1.165, 1.54) is 0 Å². The van der Waals surface area contributed by atoms with Gasteiger partial charge < -0.3 is 14.0 Å². The van der Waals surface area contributed by atoms with Crippen molar-refractivity contribution in [2.75, 3.05) is 19.7 Å². The first kappa shape index (κ1) is 14.9. The van der Waals surface area contributed by atoms with E-state index in [4.69, 9.17) is 14.0 Å². The van der Waals surface area contributed by atoms with Crippen LogP contribution in [-0.4, -0.2) is 46.6 Å². The van der Waals surface area contributed by atoms with E-state index in [1.54, 1.807) is 0 Å².